The van der Waals surface area contributed by atoms with Gasteiger partial charge in [-0.3, -0.25) is 0 Å². The number of aromatic nitrogens is 2. The van der Waals surface area contributed by atoms with Crippen molar-refractivity contribution in [2.75, 3.05) is 23.7 Å². The Kier molecular flexibility index (Phi) is 5.00. The van der Waals surface area contributed by atoms with Crippen LogP contribution < -0.4 is 10.6 Å². The van der Waals surface area contributed by atoms with Crippen molar-refractivity contribution in [2.45, 2.75) is 19.5 Å². The zero-order valence-electron chi connectivity index (χ0n) is 11.4. The van der Waals surface area contributed by atoms with Crippen molar-refractivity contribution in [3.63, 3.8) is 0 Å². The predicted molar refractivity (Wildman–Crippen MR) is 77.7 cm³/mol. The summed E-state index contributed by atoms with van der Waals surface area (Å²) < 4.78 is 38.5. The van der Waals surface area contributed by atoms with Gasteiger partial charge < -0.3 is 10.6 Å². The van der Waals surface area contributed by atoms with E-state index in [1.54, 1.807) is 13.1 Å². The van der Waals surface area contributed by atoms with Crippen molar-refractivity contribution in [3.8, 4) is 0 Å². The van der Waals surface area contributed by atoms with Crippen molar-refractivity contribution >= 4 is 23.0 Å². The van der Waals surface area contributed by atoms with Gasteiger partial charge in [-0.1, -0.05) is 0 Å². The first-order chi connectivity index (χ1) is 9.99. The molecule has 8 heteroatoms. The first kappa shape index (κ1) is 15.6. The summed E-state index contributed by atoms with van der Waals surface area (Å²) in [6.07, 6.45) is -2.04. The molecule has 0 aliphatic rings. The standard InChI is InChI=1S/C13H15F3N4S/c1-2-17-10-7-9(13(14,15)16)8-11(20-10)18-4-3-12-19-5-6-21-12/h5-8H,2-4H2,1H3,(H2,17,18,20). The minimum Gasteiger partial charge on any atom is -0.370 e. The van der Waals surface area contributed by atoms with Crippen LogP contribution in [0, 0.1) is 0 Å². The van der Waals surface area contributed by atoms with Crippen molar-refractivity contribution in [1.29, 1.82) is 0 Å². The molecule has 2 aromatic heterocycles. The van der Waals surface area contributed by atoms with E-state index in [0.717, 1.165) is 17.1 Å². The Balaban J connectivity index is 2.08. The van der Waals surface area contributed by atoms with E-state index in [4.69, 9.17) is 0 Å². The largest absolute Gasteiger partial charge is 0.416 e. The van der Waals surface area contributed by atoms with Gasteiger partial charge in [0.05, 0.1) is 10.6 Å². The second-order valence-electron chi connectivity index (χ2n) is 4.26. The third-order valence-electron chi connectivity index (χ3n) is 2.64. The van der Waals surface area contributed by atoms with Crippen LogP contribution >= 0.6 is 11.3 Å². The third kappa shape index (κ3) is 4.59. The van der Waals surface area contributed by atoms with Crippen LogP contribution in [0.4, 0.5) is 24.8 Å². The highest BCUT2D eigenvalue weighted by Crippen LogP contribution is 2.32. The van der Waals surface area contributed by atoms with E-state index in [1.165, 1.54) is 11.3 Å². The molecular weight excluding hydrogens is 301 g/mol. The van der Waals surface area contributed by atoms with Crippen LogP contribution in [0.5, 0.6) is 0 Å². The molecular formula is C13H15F3N4S. The molecule has 2 N–H and O–H groups in total. The lowest BCUT2D eigenvalue weighted by Crippen LogP contribution is -2.12. The molecule has 21 heavy (non-hydrogen) atoms. The molecule has 2 aromatic rings. The molecule has 2 rings (SSSR count). The smallest absolute Gasteiger partial charge is 0.370 e. The number of hydrogen-bond acceptors (Lipinski definition) is 5. The first-order valence-electron chi connectivity index (χ1n) is 6.44. The number of thiazole rings is 1. The first-order valence-corrected chi connectivity index (χ1v) is 7.32. The van der Waals surface area contributed by atoms with Crippen LogP contribution in [-0.4, -0.2) is 23.1 Å². The number of rotatable bonds is 6. The molecule has 0 radical (unpaired) electrons. The molecule has 114 valence electrons. The molecule has 0 spiro atoms. The summed E-state index contributed by atoms with van der Waals surface area (Å²) in [6, 6.07) is 2.03. The van der Waals surface area contributed by atoms with Crippen LogP contribution in [-0.2, 0) is 12.6 Å². The fourth-order valence-corrected chi connectivity index (χ4v) is 2.35. The molecule has 4 nitrogen and oxygen atoms in total. The van der Waals surface area contributed by atoms with Gasteiger partial charge in [-0.15, -0.1) is 11.3 Å². The highest BCUT2D eigenvalue weighted by Gasteiger charge is 2.31. The molecule has 0 bridgehead atoms. The third-order valence-corrected chi connectivity index (χ3v) is 3.48. The maximum absolute atomic E-state index is 12.8. The van der Waals surface area contributed by atoms with Crippen molar-refractivity contribution in [3.05, 3.63) is 34.3 Å². The minimum absolute atomic E-state index is 0.206. The molecule has 0 fully saturated rings. The molecule has 0 saturated carbocycles. The lowest BCUT2D eigenvalue weighted by molar-refractivity contribution is -0.137. The maximum Gasteiger partial charge on any atom is 0.416 e. The van der Waals surface area contributed by atoms with Crippen molar-refractivity contribution in [1.82, 2.24) is 9.97 Å². The summed E-state index contributed by atoms with van der Waals surface area (Å²) >= 11 is 1.51. The summed E-state index contributed by atoms with van der Waals surface area (Å²) in [6.45, 7) is 2.79. The van der Waals surface area contributed by atoms with Gasteiger partial charge in [0.1, 0.15) is 11.6 Å². The Morgan fingerprint density at radius 1 is 1.19 bits per heavy atom. The second kappa shape index (κ2) is 6.75. The van der Waals surface area contributed by atoms with Gasteiger partial charge in [-0.05, 0) is 19.1 Å². The molecule has 0 saturated heterocycles. The highest BCUT2D eigenvalue weighted by atomic mass is 32.1. The van der Waals surface area contributed by atoms with Crippen LogP contribution in [0.1, 0.15) is 17.5 Å². The van der Waals surface area contributed by atoms with Gasteiger partial charge in [0.15, 0.2) is 0 Å². The molecule has 0 aromatic carbocycles. The topological polar surface area (TPSA) is 49.8 Å². The molecule has 2 heterocycles. The monoisotopic (exact) mass is 316 g/mol. The van der Waals surface area contributed by atoms with Crippen LogP contribution in [0.3, 0.4) is 0 Å². The second-order valence-corrected chi connectivity index (χ2v) is 5.24. The average molecular weight is 316 g/mol. The van der Waals surface area contributed by atoms with E-state index in [-0.39, 0.29) is 11.6 Å². The van der Waals surface area contributed by atoms with Gasteiger partial charge in [0, 0.05) is 31.1 Å². The molecule has 0 aliphatic carbocycles. The van der Waals surface area contributed by atoms with Crippen LogP contribution in [0.2, 0.25) is 0 Å². The zero-order valence-corrected chi connectivity index (χ0v) is 12.2. The van der Waals surface area contributed by atoms with E-state index in [2.05, 4.69) is 20.6 Å². The number of pyridine rings is 1. The van der Waals surface area contributed by atoms with Crippen molar-refractivity contribution < 1.29 is 13.2 Å². The Morgan fingerprint density at radius 2 is 1.90 bits per heavy atom. The van der Waals surface area contributed by atoms with Gasteiger partial charge >= 0.3 is 6.18 Å². The summed E-state index contributed by atoms with van der Waals surface area (Å²) in [5, 5.41) is 8.51. The number of hydrogen-bond donors (Lipinski definition) is 2. The van der Waals surface area contributed by atoms with E-state index < -0.39 is 11.7 Å². The van der Waals surface area contributed by atoms with E-state index in [1.807, 2.05) is 5.38 Å². The van der Waals surface area contributed by atoms with Gasteiger partial charge in [0.2, 0.25) is 0 Å². The lowest BCUT2D eigenvalue weighted by atomic mass is 10.2. The normalized spacial score (nSPS) is 11.4. The molecule has 0 amide bonds. The van der Waals surface area contributed by atoms with Gasteiger partial charge in [-0.25, -0.2) is 9.97 Å². The quantitative estimate of drug-likeness (QED) is 0.854. The minimum atomic E-state index is -4.39. The summed E-state index contributed by atoms with van der Waals surface area (Å²) in [7, 11) is 0. The van der Waals surface area contributed by atoms with Crippen LogP contribution in [0.25, 0.3) is 0 Å². The number of halogens is 3. The predicted octanol–water partition coefficient (Wildman–Crippen LogP) is 3.64. The van der Waals surface area contributed by atoms with Crippen molar-refractivity contribution in [2.24, 2.45) is 0 Å². The fraction of sp³-hybridized carbons (Fsp3) is 0.385. The fourth-order valence-electron chi connectivity index (χ4n) is 1.73. The summed E-state index contributed by atoms with van der Waals surface area (Å²) in [5.41, 5.74) is -0.717. The Morgan fingerprint density at radius 3 is 2.48 bits per heavy atom. The zero-order chi connectivity index (χ0) is 15.3. The maximum atomic E-state index is 12.8. The number of nitrogens with zero attached hydrogens (tertiary/aromatic N) is 2. The number of anilines is 2. The molecule has 0 aliphatic heterocycles. The molecule has 0 unspecified atom stereocenters. The van der Waals surface area contributed by atoms with E-state index in [0.29, 0.717) is 19.5 Å². The Labute approximate surface area is 124 Å². The summed E-state index contributed by atoms with van der Waals surface area (Å²) in [4.78, 5) is 8.23. The average Bonchev–Trinajstić information content (AvgIpc) is 2.91. The Hall–Kier alpha value is -1.83. The Bertz CT molecular complexity index is 569. The number of nitrogens with one attached hydrogen (secondary N) is 2. The number of alkyl halides is 3. The SMILES string of the molecule is CCNc1cc(C(F)(F)F)cc(NCCc2nccs2)n1. The highest BCUT2D eigenvalue weighted by molar-refractivity contribution is 7.09. The summed E-state index contributed by atoms with van der Waals surface area (Å²) in [5.74, 6) is 0.418. The van der Waals surface area contributed by atoms with Gasteiger partial charge in [-0.2, -0.15) is 13.2 Å². The van der Waals surface area contributed by atoms with E-state index in [9.17, 15) is 13.2 Å². The molecule has 0 atom stereocenters. The lowest BCUT2D eigenvalue weighted by Gasteiger charge is -2.13. The van der Waals surface area contributed by atoms with E-state index >= 15 is 0 Å². The van der Waals surface area contributed by atoms with Gasteiger partial charge in [0.25, 0.3) is 0 Å². The van der Waals surface area contributed by atoms with Crippen LogP contribution in [0.15, 0.2) is 23.7 Å².